The van der Waals surface area contributed by atoms with Crippen LogP contribution in [0.3, 0.4) is 0 Å². The van der Waals surface area contributed by atoms with E-state index in [9.17, 15) is 0 Å². The average Bonchev–Trinajstić information content (AvgIpc) is 2.89. The van der Waals surface area contributed by atoms with E-state index in [1.165, 1.54) is 36.5 Å². The molecule has 0 fully saturated rings. The highest BCUT2D eigenvalue weighted by Crippen LogP contribution is 2.36. The van der Waals surface area contributed by atoms with E-state index in [1.54, 1.807) is 0 Å². The van der Waals surface area contributed by atoms with E-state index < -0.39 is 0 Å². The zero-order valence-corrected chi connectivity index (χ0v) is 15.5. The van der Waals surface area contributed by atoms with Gasteiger partial charge < -0.3 is 4.98 Å². The Morgan fingerprint density at radius 1 is 1.10 bits per heavy atom. The van der Waals surface area contributed by atoms with Gasteiger partial charge in [-0.3, -0.25) is 0 Å². The van der Waals surface area contributed by atoms with Crippen molar-refractivity contribution in [1.29, 1.82) is 0 Å². The third-order valence-corrected chi connectivity index (χ3v) is 5.08. The molecule has 0 aliphatic heterocycles. The molecule has 122 valence electrons. The SMILES string of the molecule is CCCCC(C)(C)c1nc(C(C)CC)[nH]c1C(C)C(C)C. The summed E-state index contributed by atoms with van der Waals surface area (Å²) >= 11 is 0. The van der Waals surface area contributed by atoms with Gasteiger partial charge >= 0.3 is 0 Å². The second-order valence-electron chi connectivity index (χ2n) is 7.71. The van der Waals surface area contributed by atoms with Crippen LogP contribution in [0.15, 0.2) is 0 Å². The van der Waals surface area contributed by atoms with Crippen molar-refractivity contribution in [2.45, 2.75) is 98.3 Å². The summed E-state index contributed by atoms with van der Waals surface area (Å²) in [5.74, 6) is 2.86. The number of nitrogens with zero attached hydrogens (tertiary/aromatic N) is 1. The molecule has 1 aromatic heterocycles. The van der Waals surface area contributed by atoms with Crippen LogP contribution in [0.4, 0.5) is 0 Å². The highest BCUT2D eigenvalue weighted by molar-refractivity contribution is 5.27. The minimum absolute atomic E-state index is 0.163. The molecule has 0 radical (unpaired) electrons. The molecule has 0 amide bonds. The van der Waals surface area contributed by atoms with Crippen molar-refractivity contribution < 1.29 is 0 Å². The zero-order chi connectivity index (χ0) is 16.2. The maximum Gasteiger partial charge on any atom is 0.109 e. The van der Waals surface area contributed by atoms with Gasteiger partial charge in [0.1, 0.15) is 5.82 Å². The summed E-state index contributed by atoms with van der Waals surface area (Å²) in [6.07, 6.45) is 4.87. The molecular formula is C19H36N2. The zero-order valence-electron chi connectivity index (χ0n) is 15.5. The van der Waals surface area contributed by atoms with Crippen LogP contribution in [0.2, 0.25) is 0 Å². The molecule has 2 atom stereocenters. The standard InChI is InChI=1S/C19H36N2/c1-9-11-12-19(7,8)17-16(15(6)13(3)4)20-18(21-17)14(5)10-2/h13-15H,9-12H2,1-8H3,(H,20,21). The first-order valence-corrected chi connectivity index (χ1v) is 8.84. The van der Waals surface area contributed by atoms with E-state index in [0.717, 1.165) is 6.42 Å². The number of aromatic nitrogens is 2. The Morgan fingerprint density at radius 3 is 2.19 bits per heavy atom. The van der Waals surface area contributed by atoms with Crippen LogP contribution in [0, 0.1) is 5.92 Å². The van der Waals surface area contributed by atoms with E-state index in [2.05, 4.69) is 60.4 Å². The van der Waals surface area contributed by atoms with E-state index >= 15 is 0 Å². The van der Waals surface area contributed by atoms with E-state index in [1.807, 2.05) is 0 Å². The van der Waals surface area contributed by atoms with Crippen molar-refractivity contribution in [2.75, 3.05) is 0 Å². The molecule has 1 aromatic rings. The summed E-state index contributed by atoms with van der Waals surface area (Å²) < 4.78 is 0. The summed E-state index contributed by atoms with van der Waals surface area (Å²) in [6, 6.07) is 0. The molecule has 0 aromatic carbocycles. The van der Waals surface area contributed by atoms with Gasteiger partial charge in [-0.2, -0.15) is 0 Å². The van der Waals surface area contributed by atoms with Crippen molar-refractivity contribution in [1.82, 2.24) is 9.97 Å². The van der Waals surface area contributed by atoms with Crippen molar-refractivity contribution in [3.63, 3.8) is 0 Å². The second-order valence-corrected chi connectivity index (χ2v) is 7.71. The van der Waals surface area contributed by atoms with Gasteiger partial charge in [-0.05, 0) is 18.8 Å². The van der Waals surface area contributed by atoms with Crippen molar-refractivity contribution in [2.24, 2.45) is 5.92 Å². The summed E-state index contributed by atoms with van der Waals surface area (Å²) in [6.45, 7) is 18.4. The van der Waals surface area contributed by atoms with Crippen molar-refractivity contribution >= 4 is 0 Å². The third-order valence-electron chi connectivity index (χ3n) is 5.08. The highest BCUT2D eigenvalue weighted by atomic mass is 15.0. The molecule has 1 heterocycles. The fraction of sp³-hybridized carbons (Fsp3) is 0.842. The van der Waals surface area contributed by atoms with Gasteiger partial charge in [0.15, 0.2) is 0 Å². The first-order valence-electron chi connectivity index (χ1n) is 8.84. The first kappa shape index (κ1) is 18.3. The monoisotopic (exact) mass is 292 g/mol. The number of imidazole rings is 1. The van der Waals surface area contributed by atoms with Crippen LogP contribution < -0.4 is 0 Å². The number of hydrogen-bond donors (Lipinski definition) is 1. The quantitative estimate of drug-likeness (QED) is 0.611. The highest BCUT2D eigenvalue weighted by Gasteiger charge is 2.30. The van der Waals surface area contributed by atoms with Gasteiger partial charge in [-0.25, -0.2) is 4.98 Å². The summed E-state index contributed by atoms with van der Waals surface area (Å²) in [4.78, 5) is 8.74. The molecule has 0 aliphatic carbocycles. The Hall–Kier alpha value is -0.790. The smallest absolute Gasteiger partial charge is 0.109 e. The van der Waals surface area contributed by atoms with Gasteiger partial charge in [-0.15, -0.1) is 0 Å². The van der Waals surface area contributed by atoms with Crippen LogP contribution in [0.5, 0.6) is 0 Å². The molecule has 2 nitrogen and oxygen atoms in total. The average molecular weight is 293 g/mol. The normalized spacial score (nSPS) is 15.5. The molecular weight excluding hydrogens is 256 g/mol. The van der Waals surface area contributed by atoms with Gasteiger partial charge in [0, 0.05) is 22.9 Å². The lowest BCUT2D eigenvalue weighted by Crippen LogP contribution is -2.21. The minimum atomic E-state index is 0.163. The van der Waals surface area contributed by atoms with E-state index in [0.29, 0.717) is 17.8 Å². The molecule has 1 N–H and O–H groups in total. The van der Waals surface area contributed by atoms with Crippen molar-refractivity contribution in [3.05, 3.63) is 17.2 Å². The van der Waals surface area contributed by atoms with Crippen LogP contribution >= 0.6 is 0 Å². The number of unbranched alkanes of at least 4 members (excludes halogenated alkanes) is 1. The lowest BCUT2D eigenvalue weighted by atomic mass is 9.79. The summed E-state index contributed by atoms with van der Waals surface area (Å²) in [5, 5.41) is 0. The molecule has 0 aliphatic rings. The number of hydrogen-bond acceptors (Lipinski definition) is 1. The fourth-order valence-electron chi connectivity index (χ4n) is 2.75. The van der Waals surface area contributed by atoms with E-state index in [4.69, 9.17) is 4.98 Å². The minimum Gasteiger partial charge on any atom is -0.345 e. The van der Waals surface area contributed by atoms with E-state index in [-0.39, 0.29) is 5.41 Å². The fourth-order valence-corrected chi connectivity index (χ4v) is 2.75. The Balaban J connectivity index is 3.23. The molecule has 0 bridgehead atoms. The maximum atomic E-state index is 5.05. The second kappa shape index (κ2) is 7.47. The molecule has 0 spiro atoms. The number of nitrogens with one attached hydrogen (secondary N) is 1. The third kappa shape index (κ3) is 4.34. The lowest BCUT2D eigenvalue weighted by molar-refractivity contribution is 0.430. The Labute approximate surface area is 132 Å². The number of aromatic amines is 1. The van der Waals surface area contributed by atoms with Crippen LogP contribution in [-0.4, -0.2) is 9.97 Å². The summed E-state index contributed by atoms with van der Waals surface area (Å²) in [5.41, 5.74) is 2.85. The number of rotatable bonds is 8. The van der Waals surface area contributed by atoms with Gasteiger partial charge in [-0.1, -0.05) is 68.2 Å². The predicted molar refractivity (Wildman–Crippen MR) is 93.1 cm³/mol. The van der Waals surface area contributed by atoms with Crippen LogP contribution in [-0.2, 0) is 5.41 Å². The Kier molecular flexibility index (Phi) is 6.49. The Morgan fingerprint density at radius 2 is 1.71 bits per heavy atom. The topological polar surface area (TPSA) is 28.7 Å². The van der Waals surface area contributed by atoms with Crippen LogP contribution in [0.25, 0.3) is 0 Å². The molecule has 21 heavy (non-hydrogen) atoms. The van der Waals surface area contributed by atoms with Crippen molar-refractivity contribution in [3.8, 4) is 0 Å². The molecule has 2 unspecified atom stereocenters. The van der Waals surface area contributed by atoms with Gasteiger partial charge in [0.25, 0.3) is 0 Å². The maximum absolute atomic E-state index is 5.05. The molecule has 1 rings (SSSR count). The van der Waals surface area contributed by atoms with Gasteiger partial charge in [0.05, 0.1) is 5.69 Å². The van der Waals surface area contributed by atoms with Gasteiger partial charge in [0.2, 0.25) is 0 Å². The van der Waals surface area contributed by atoms with Crippen LogP contribution in [0.1, 0.15) is 110 Å². The number of H-pyrrole nitrogens is 1. The summed E-state index contributed by atoms with van der Waals surface area (Å²) in [7, 11) is 0. The molecule has 2 heteroatoms. The largest absolute Gasteiger partial charge is 0.345 e. The lowest BCUT2D eigenvalue weighted by Gasteiger charge is -2.26. The first-order chi connectivity index (χ1) is 9.74. The molecule has 0 saturated carbocycles. The predicted octanol–water partition coefficient (Wildman–Crippen LogP) is 6.15. The Bertz CT molecular complexity index is 429. The molecule has 0 saturated heterocycles.